The number of aryl methyl sites for hydroxylation is 2. The summed E-state index contributed by atoms with van der Waals surface area (Å²) in [5.41, 5.74) is 2.47. The van der Waals surface area contributed by atoms with Crippen LogP contribution in [0.15, 0.2) is 0 Å². The minimum absolute atomic E-state index is 0.0573. The first-order valence-corrected chi connectivity index (χ1v) is 6.41. The molecule has 1 N–H and O–H groups in total. The molecule has 0 aliphatic heterocycles. The largest absolute Gasteiger partial charge is 0.481 e. The minimum atomic E-state index is -0.727. The van der Waals surface area contributed by atoms with E-state index in [0.717, 1.165) is 25.1 Å². The molecule has 1 aromatic heterocycles. The SMILES string of the molecule is CCC(CC(=O)O)n1c(C)nc2c1CCCC2. The lowest BCUT2D eigenvalue weighted by Gasteiger charge is -2.21. The number of hydrogen-bond acceptors (Lipinski definition) is 2. The van der Waals surface area contributed by atoms with Gasteiger partial charge in [0, 0.05) is 11.7 Å². The zero-order valence-electron chi connectivity index (χ0n) is 10.6. The molecule has 0 bridgehead atoms. The van der Waals surface area contributed by atoms with Crippen LogP contribution < -0.4 is 0 Å². The lowest BCUT2D eigenvalue weighted by atomic mass is 10.00. The van der Waals surface area contributed by atoms with Crippen molar-refractivity contribution in [3.8, 4) is 0 Å². The molecule has 1 aliphatic carbocycles. The summed E-state index contributed by atoms with van der Waals surface area (Å²) in [6.07, 6.45) is 5.54. The lowest BCUT2D eigenvalue weighted by molar-refractivity contribution is -0.137. The van der Waals surface area contributed by atoms with E-state index >= 15 is 0 Å². The number of carboxylic acid groups (broad SMARTS) is 1. The summed E-state index contributed by atoms with van der Waals surface area (Å²) < 4.78 is 2.17. The van der Waals surface area contributed by atoms with Crippen LogP contribution in [0, 0.1) is 6.92 Å². The van der Waals surface area contributed by atoms with Gasteiger partial charge in [-0.25, -0.2) is 4.98 Å². The fraction of sp³-hybridized carbons (Fsp3) is 0.692. The second-order valence-corrected chi connectivity index (χ2v) is 4.79. The topological polar surface area (TPSA) is 55.1 Å². The molecule has 1 heterocycles. The van der Waals surface area contributed by atoms with Crippen LogP contribution in [0.5, 0.6) is 0 Å². The molecule has 1 aromatic rings. The molecule has 0 aromatic carbocycles. The quantitative estimate of drug-likeness (QED) is 0.873. The third kappa shape index (κ3) is 2.35. The van der Waals surface area contributed by atoms with Crippen LogP contribution in [-0.4, -0.2) is 20.6 Å². The summed E-state index contributed by atoms with van der Waals surface area (Å²) in [6, 6.07) is 0.0573. The molecular weight excluding hydrogens is 216 g/mol. The smallest absolute Gasteiger partial charge is 0.305 e. The van der Waals surface area contributed by atoms with Crippen LogP contribution in [-0.2, 0) is 17.6 Å². The van der Waals surface area contributed by atoms with Gasteiger partial charge in [0.2, 0.25) is 0 Å². The van der Waals surface area contributed by atoms with Crippen LogP contribution >= 0.6 is 0 Å². The van der Waals surface area contributed by atoms with Gasteiger partial charge in [0.25, 0.3) is 0 Å². The van der Waals surface area contributed by atoms with Gasteiger partial charge < -0.3 is 9.67 Å². The maximum atomic E-state index is 10.9. The molecular formula is C13H20N2O2. The Labute approximate surface area is 102 Å². The van der Waals surface area contributed by atoms with E-state index in [1.165, 1.54) is 24.2 Å². The third-order valence-electron chi connectivity index (χ3n) is 3.59. The third-order valence-corrected chi connectivity index (χ3v) is 3.59. The molecule has 1 atom stereocenters. The summed E-state index contributed by atoms with van der Waals surface area (Å²) in [6.45, 7) is 4.03. The first-order chi connectivity index (χ1) is 8.13. The first-order valence-electron chi connectivity index (χ1n) is 6.41. The van der Waals surface area contributed by atoms with Crippen LogP contribution in [0.3, 0.4) is 0 Å². The predicted molar refractivity (Wildman–Crippen MR) is 65.2 cm³/mol. The van der Waals surface area contributed by atoms with E-state index in [1.807, 2.05) is 13.8 Å². The van der Waals surface area contributed by atoms with Gasteiger partial charge in [-0.05, 0) is 39.0 Å². The fourth-order valence-corrected chi connectivity index (χ4v) is 2.80. The van der Waals surface area contributed by atoms with Gasteiger partial charge in [-0.15, -0.1) is 0 Å². The second kappa shape index (κ2) is 4.90. The van der Waals surface area contributed by atoms with Gasteiger partial charge in [0.15, 0.2) is 0 Å². The van der Waals surface area contributed by atoms with Gasteiger partial charge in [0.05, 0.1) is 12.1 Å². The van der Waals surface area contributed by atoms with Gasteiger partial charge in [-0.3, -0.25) is 4.79 Å². The van der Waals surface area contributed by atoms with E-state index in [1.54, 1.807) is 0 Å². The summed E-state index contributed by atoms with van der Waals surface area (Å²) in [5.74, 6) is 0.250. The molecule has 4 nitrogen and oxygen atoms in total. The Morgan fingerprint density at radius 1 is 1.47 bits per heavy atom. The summed E-state index contributed by atoms with van der Waals surface area (Å²) in [4.78, 5) is 15.5. The molecule has 0 saturated carbocycles. The number of aromatic nitrogens is 2. The minimum Gasteiger partial charge on any atom is -0.481 e. The predicted octanol–water partition coefficient (Wildman–Crippen LogP) is 2.50. The maximum Gasteiger partial charge on any atom is 0.305 e. The normalized spacial score (nSPS) is 16.6. The first kappa shape index (κ1) is 12.1. The van der Waals surface area contributed by atoms with E-state index in [4.69, 9.17) is 5.11 Å². The highest BCUT2D eigenvalue weighted by Gasteiger charge is 2.23. The zero-order valence-corrected chi connectivity index (χ0v) is 10.6. The van der Waals surface area contributed by atoms with E-state index in [9.17, 15) is 4.79 Å². The Morgan fingerprint density at radius 2 is 2.18 bits per heavy atom. The van der Waals surface area contributed by atoms with Crippen molar-refractivity contribution in [2.75, 3.05) is 0 Å². The number of imidazole rings is 1. The highest BCUT2D eigenvalue weighted by Crippen LogP contribution is 2.28. The van der Waals surface area contributed by atoms with E-state index in [0.29, 0.717) is 0 Å². The van der Waals surface area contributed by atoms with Crippen LogP contribution in [0.4, 0.5) is 0 Å². The molecule has 17 heavy (non-hydrogen) atoms. The van der Waals surface area contributed by atoms with E-state index in [-0.39, 0.29) is 12.5 Å². The number of carbonyl (C=O) groups is 1. The maximum absolute atomic E-state index is 10.9. The summed E-state index contributed by atoms with van der Waals surface area (Å²) in [5, 5.41) is 8.98. The number of hydrogen-bond donors (Lipinski definition) is 1. The van der Waals surface area contributed by atoms with Gasteiger partial charge in [-0.1, -0.05) is 6.92 Å². The van der Waals surface area contributed by atoms with Crippen molar-refractivity contribution < 1.29 is 9.90 Å². The standard InChI is InChI=1S/C13H20N2O2/c1-3-10(8-13(16)17)15-9(2)14-11-6-4-5-7-12(11)15/h10H,3-8H2,1-2H3,(H,16,17). The van der Waals surface area contributed by atoms with Crippen molar-refractivity contribution in [2.45, 2.75) is 58.4 Å². The molecule has 0 spiro atoms. The molecule has 2 rings (SSSR count). The van der Waals surface area contributed by atoms with Crippen molar-refractivity contribution >= 4 is 5.97 Å². The Morgan fingerprint density at radius 3 is 2.82 bits per heavy atom. The molecule has 0 radical (unpaired) electrons. The molecule has 94 valence electrons. The van der Waals surface area contributed by atoms with Crippen LogP contribution in [0.25, 0.3) is 0 Å². The Hall–Kier alpha value is -1.32. The van der Waals surface area contributed by atoms with Crippen molar-refractivity contribution in [3.05, 3.63) is 17.2 Å². The Balaban J connectivity index is 2.35. The molecule has 1 unspecified atom stereocenters. The zero-order chi connectivity index (χ0) is 12.4. The number of rotatable bonds is 4. The number of nitrogens with zero attached hydrogens (tertiary/aromatic N) is 2. The van der Waals surface area contributed by atoms with Gasteiger partial charge >= 0.3 is 5.97 Å². The lowest BCUT2D eigenvalue weighted by Crippen LogP contribution is -2.18. The van der Waals surface area contributed by atoms with Crippen molar-refractivity contribution in [2.24, 2.45) is 0 Å². The van der Waals surface area contributed by atoms with Crippen molar-refractivity contribution in [1.29, 1.82) is 0 Å². The second-order valence-electron chi connectivity index (χ2n) is 4.79. The fourth-order valence-electron chi connectivity index (χ4n) is 2.80. The molecule has 1 aliphatic rings. The van der Waals surface area contributed by atoms with E-state index < -0.39 is 5.97 Å². The highest BCUT2D eigenvalue weighted by atomic mass is 16.4. The van der Waals surface area contributed by atoms with Crippen molar-refractivity contribution in [3.63, 3.8) is 0 Å². The van der Waals surface area contributed by atoms with Crippen LogP contribution in [0.1, 0.15) is 55.9 Å². The van der Waals surface area contributed by atoms with Crippen molar-refractivity contribution in [1.82, 2.24) is 9.55 Å². The number of fused-ring (bicyclic) bond motifs is 1. The number of aliphatic carboxylic acids is 1. The average Bonchev–Trinajstić information content (AvgIpc) is 2.62. The monoisotopic (exact) mass is 236 g/mol. The highest BCUT2D eigenvalue weighted by molar-refractivity contribution is 5.67. The Bertz CT molecular complexity index is 423. The van der Waals surface area contributed by atoms with Crippen LogP contribution in [0.2, 0.25) is 0 Å². The Kier molecular flexibility index (Phi) is 3.50. The molecule has 0 fully saturated rings. The molecule has 4 heteroatoms. The summed E-state index contributed by atoms with van der Waals surface area (Å²) in [7, 11) is 0. The van der Waals surface area contributed by atoms with E-state index in [2.05, 4.69) is 9.55 Å². The van der Waals surface area contributed by atoms with Gasteiger partial charge in [0.1, 0.15) is 5.82 Å². The summed E-state index contributed by atoms with van der Waals surface area (Å²) >= 11 is 0. The molecule has 0 amide bonds. The number of carboxylic acids is 1. The average molecular weight is 236 g/mol. The van der Waals surface area contributed by atoms with Gasteiger partial charge in [-0.2, -0.15) is 0 Å². The molecule has 0 saturated heterocycles.